The van der Waals surface area contributed by atoms with Gasteiger partial charge in [-0.3, -0.25) is 0 Å². The van der Waals surface area contributed by atoms with Gasteiger partial charge in [0.1, 0.15) is 6.07 Å². The standard InChI is InChI=1S/C8H6BrF2N3/c9-7-4(1-12)5(8(10)11)3-14-6(7)2-13/h3,8H,1,12H2. The number of hydrogen-bond donors (Lipinski definition) is 1. The molecule has 0 radical (unpaired) electrons. The van der Waals surface area contributed by atoms with Crippen molar-refractivity contribution in [3.05, 3.63) is 27.5 Å². The zero-order valence-electron chi connectivity index (χ0n) is 6.97. The molecule has 0 spiro atoms. The van der Waals surface area contributed by atoms with Crippen molar-refractivity contribution in [2.24, 2.45) is 5.73 Å². The van der Waals surface area contributed by atoms with E-state index >= 15 is 0 Å². The van der Waals surface area contributed by atoms with Crippen LogP contribution in [0.4, 0.5) is 8.78 Å². The van der Waals surface area contributed by atoms with Gasteiger partial charge in [0.05, 0.1) is 4.47 Å². The molecule has 74 valence electrons. The van der Waals surface area contributed by atoms with Crippen molar-refractivity contribution in [1.82, 2.24) is 4.98 Å². The second-order valence-electron chi connectivity index (χ2n) is 2.47. The fourth-order valence-corrected chi connectivity index (χ4v) is 1.59. The van der Waals surface area contributed by atoms with Gasteiger partial charge >= 0.3 is 0 Å². The fourth-order valence-electron chi connectivity index (χ4n) is 1.01. The number of pyridine rings is 1. The van der Waals surface area contributed by atoms with E-state index in [1.54, 1.807) is 6.07 Å². The molecule has 3 nitrogen and oxygen atoms in total. The van der Waals surface area contributed by atoms with Crippen LogP contribution in [0, 0.1) is 11.3 Å². The maximum Gasteiger partial charge on any atom is 0.265 e. The largest absolute Gasteiger partial charge is 0.326 e. The first kappa shape index (κ1) is 11.0. The number of nitriles is 1. The molecule has 0 aliphatic rings. The maximum absolute atomic E-state index is 12.4. The Morgan fingerprint density at radius 1 is 1.64 bits per heavy atom. The highest BCUT2D eigenvalue weighted by Crippen LogP contribution is 2.29. The van der Waals surface area contributed by atoms with Crippen molar-refractivity contribution >= 4 is 15.9 Å². The Balaban J connectivity index is 3.38. The topological polar surface area (TPSA) is 62.7 Å². The first-order chi connectivity index (χ1) is 6.61. The summed E-state index contributed by atoms with van der Waals surface area (Å²) in [6.45, 7) is -0.0581. The summed E-state index contributed by atoms with van der Waals surface area (Å²) in [4.78, 5) is 3.58. The van der Waals surface area contributed by atoms with Gasteiger partial charge in [0.2, 0.25) is 0 Å². The summed E-state index contributed by atoms with van der Waals surface area (Å²) in [5.41, 5.74) is 5.37. The lowest BCUT2D eigenvalue weighted by Crippen LogP contribution is -2.06. The Bertz CT molecular complexity index is 387. The molecule has 1 aromatic heterocycles. The second-order valence-corrected chi connectivity index (χ2v) is 3.26. The Morgan fingerprint density at radius 2 is 2.29 bits per heavy atom. The van der Waals surface area contributed by atoms with Gasteiger partial charge in [-0.2, -0.15) is 5.26 Å². The van der Waals surface area contributed by atoms with Gasteiger partial charge < -0.3 is 5.73 Å². The van der Waals surface area contributed by atoms with Crippen LogP contribution in [0.15, 0.2) is 10.7 Å². The Hall–Kier alpha value is -1.06. The molecule has 1 aromatic rings. The van der Waals surface area contributed by atoms with Crippen LogP contribution in [-0.2, 0) is 6.54 Å². The Labute approximate surface area is 87.7 Å². The zero-order chi connectivity index (χ0) is 10.7. The molecule has 1 heterocycles. The molecule has 0 bridgehead atoms. The molecule has 2 N–H and O–H groups in total. The van der Waals surface area contributed by atoms with Crippen molar-refractivity contribution in [1.29, 1.82) is 5.26 Å². The highest BCUT2D eigenvalue weighted by molar-refractivity contribution is 9.10. The van der Waals surface area contributed by atoms with Gasteiger partial charge in [-0.25, -0.2) is 13.8 Å². The molecular weight excluding hydrogens is 256 g/mol. The third-order valence-corrected chi connectivity index (χ3v) is 2.55. The van der Waals surface area contributed by atoms with Gasteiger partial charge in [0.15, 0.2) is 5.69 Å². The minimum atomic E-state index is -2.63. The first-order valence-electron chi connectivity index (χ1n) is 3.67. The van der Waals surface area contributed by atoms with Crippen LogP contribution in [0.5, 0.6) is 0 Å². The number of halogens is 3. The number of aromatic nitrogens is 1. The number of nitrogens with two attached hydrogens (primary N) is 1. The predicted octanol–water partition coefficient (Wildman–Crippen LogP) is 2.11. The van der Waals surface area contributed by atoms with Gasteiger partial charge in [-0.05, 0) is 21.5 Å². The summed E-state index contributed by atoms with van der Waals surface area (Å²) >= 11 is 3.02. The second kappa shape index (κ2) is 4.44. The summed E-state index contributed by atoms with van der Waals surface area (Å²) in [7, 11) is 0. The number of alkyl halides is 2. The van der Waals surface area contributed by atoms with Gasteiger partial charge in [-0.1, -0.05) is 0 Å². The lowest BCUT2D eigenvalue weighted by atomic mass is 10.1. The Kier molecular flexibility index (Phi) is 3.49. The molecule has 0 unspecified atom stereocenters. The molecule has 14 heavy (non-hydrogen) atoms. The molecule has 0 atom stereocenters. The van der Waals surface area contributed by atoms with E-state index in [4.69, 9.17) is 11.0 Å². The smallest absolute Gasteiger partial charge is 0.265 e. The normalized spacial score (nSPS) is 10.3. The van der Waals surface area contributed by atoms with Crippen LogP contribution in [0.1, 0.15) is 23.2 Å². The molecule has 0 amide bonds. The van der Waals surface area contributed by atoms with Crippen molar-refractivity contribution in [2.45, 2.75) is 13.0 Å². The average molecular weight is 262 g/mol. The van der Waals surface area contributed by atoms with Crippen LogP contribution in [0.2, 0.25) is 0 Å². The van der Waals surface area contributed by atoms with Crippen LogP contribution in [-0.4, -0.2) is 4.98 Å². The van der Waals surface area contributed by atoms with Crippen molar-refractivity contribution in [3.63, 3.8) is 0 Å². The molecule has 0 fully saturated rings. The van der Waals surface area contributed by atoms with E-state index in [-0.39, 0.29) is 27.8 Å². The lowest BCUT2D eigenvalue weighted by Gasteiger charge is -2.08. The number of nitrogens with zero attached hydrogens (tertiary/aromatic N) is 2. The summed E-state index contributed by atoms with van der Waals surface area (Å²) in [5, 5.41) is 8.60. The van der Waals surface area contributed by atoms with Crippen LogP contribution in [0.3, 0.4) is 0 Å². The molecule has 6 heteroatoms. The van der Waals surface area contributed by atoms with E-state index in [9.17, 15) is 8.78 Å². The third kappa shape index (κ3) is 1.89. The van der Waals surface area contributed by atoms with E-state index < -0.39 is 6.43 Å². The van der Waals surface area contributed by atoms with E-state index in [2.05, 4.69) is 20.9 Å². The predicted molar refractivity (Wildman–Crippen MR) is 49.5 cm³/mol. The molecule has 0 saturated carbocycles. The zero-order valence-corrected chi connectivity index (χ0v) is 8.55. The SMILES string of the molecule is N#Cc1ncc(C(F)F)c(CN)c1Br. The van der Waals surface area contributed by atoms with Crippen molar-refractivity contribution in [3.8, 4) is 6.07 Å². The quantitative estimate of drug-likeness (QED) is 0.887. The minimum Gasteiger partial charge on any atom is -0.326 e. The van der Waals surface area contributed by atoms with E-state index in [1.807, 2.05) is 0 Å². The lowest BCUT2D eigenvalue weighted by molar-refractivity contribution is 0.149. The number of hydrogen-bond acceptors (Lipinski definition) is 3. The van der Waals surface area contributed by atoms with Crippen LogP contribution in [0.25, 0.3) is 0 Å². The summed E-state index contributed by atoms with van der Waals surface area (Å²) < 4.78 is 25.1. The maximum atomic E-state index is 12.4. The third-order valence-electron chi connectivity index (χ3n) is 1.70. The van der Waals surface area contributed by atoms with Crippen molar-refractivity contribution in [2.75, 3.05) is 0 Å². The summed E-state index contributed by atoms with van der Waals surface area (Å²) in [5.74, 6) is 0. The van der Waals surface area contributed by atoms with Crippen LogP contribution < -0.4 is 5.73 Å². The fraction of sp³-hybridized carbons (Fsp3) is 0.250. The van der Waals surface area contributed by atoms with E-state index in [0.717, 1.165) is 6.20 Å². The summed E-state index contributed by atoms with van der Waals surface area (Å²) in [6.07, 6.45) is -1.65. The van der Waals surface area contributed by atoms with Gasteiger partial charge in [0, 0.05) is 18.3 Å². The molecule has 0 aliphatic carbocycles. The molecule has 0 saturated heterocycles. The monoisotopic (exact) mass is 261 g/mol. The Morgan fingerprint density at radius 3 is 2.71 bits per heavy atom. The molecule has 1 rings (SSSR count). The summed E-state index contributed by atoms with van der Waals surface area (Å²) in [6, 6.07) is 1.78. The molecule has 0 aliphatic heterocycles. The average Bonchev–Trinajstić information content (AvgIpc) is 2.17. The number of rotatable bonds is 2. The molecule has 0 aromatic carbocycles. The van der Waals surface area contributed by atoms with Crippen molar-refractivity contribution < 1.29 is 8.78 Å². The van der Waals surface area contributed by atoms with Gasteiger partial charge in [0.25, 0.3) is 6.43 Å². The van der Waals surface area contributed by atoms with Crippen LogP contribution >= 0.6 is 15.9 Å². The highest BCUT2D eigenvalue weighted by atomic mass is 79.9. The first-order valence-corrected chi connectivity index (χ1v) is 4.46. The highest BCUT2D eigenvalue weighted by Gasteiger charge is 2.17. The minimum absolute atomic E-state index is 0.0581. The molecular formula is C8H6BrF2N3. The van der Waals surface area contributed by atoms with E-state index in [1.165, 1.54) is 0 Å². The van der Waals surface area contributed by atoms with E-state index in [0.29, 0.717) is 0 Å². The van der Waals surface area contributed by atoms with Gasteiger partial charge in [-0.15, -0.1) is 0 Å².